The van der Waals surface area contributed by atoms with E-state index in [0.717, 1.165) is 42.9 Å². The fourth-order valence-electron chi connectivity index (χ4n) is 3.83. The third-order valence-electron chi connectivity index (χ3n) is 5.39. The van der Waals surface area contributed by atoms with Gasteiger partial charge < -0.3 is 10.2 Å². The number of benzene rings is 2. The third kappa shape index (κ3) is 3.67. The number of halogens is 1. The lowest BCUT2D eigenvalue weighted by atomic mass is 10.0. The summed E-state index contributed by atoms with van der Waals surface area (Å²) in [6, 6.07) is 18.7. The van der Waals surface area contributed by atoms with Crippen LogP contribution in [-0.4, -0.2) is 25.0 Å². The van der Waals surface area contributed by atoms with E-state index in [1.54, 1.807) is 0 Å². The standard InChI is InChI=1S/C21H23ClN2O/c22-20-9-5-4-8-17(20)18-14-19(18)21(25)23-15-10-12-24(13-11-15)16-6-2-1-3-7-16/h1-9,15,18-19H,10-14H2,(H,23,25). The maximum atomic E-state index is 12.6. The Bertz CT molecular complexity index is 741. The Morgan fingerprint density at radius 2 is 1.68 bits per heavy atom. The number of hydrogen-bond donors (Lipinski definition) is 1. The highest BCUT2D eigenvalue weighted by molar-refractivity contribution is 6.31. The molecule has 1 heterocycles. The van der Waals surface area contributed by atoms with E-state index in [2.05, 4.69) is 34.5 Å². The minimum Gasteiger partial charge on any atom is -0.371 e. The summed E-state index contributed by atoms with van der Waals surface area (Å²) < 4.78 is 0. The first-order valence-corrected chi connectivity index (χ1v) is 9.45. The molecule has 1 saturated carbocycles. The molecule has 0 bridgehead atoms. The van der Waals surface area contributed by atoms with Gasteiger partial charge in [-0.1, -0.05) is 48.0 Å². The van der Waals surface area contributed by atoms with Crippen molar-refractivity contribution in [3.8, 4) is 0 Å². The summed E-state index contributed by atoms with van der Waals surface area (Å²) in [5.74, 6) is 0.577. The molecule has 0 spiro atoms. The molecule has 2 unspecified atom stereocenters. The topological polar surface area (TPSA) is 32.3 Å². The van der Waals surface area contributed by atoms with Crippen molar-refractivity contribution in [1.29, 1.82) is 0 Å². The lowest BCUT2D eigenvalue weighted by molar-refractivity contribution is -0.123. The fraction of sp³-hybridized carbons (Fsp3) is 0.381. The minimum absolute atomic E-state index is 0.0899. The molecule has 1 amide bonds. The number of piperidine rings is 1. The smallest absolute Gasteiger partial charge is 0.223 e. The molecule has 130 valence electrons. The van der Waals surface area contributed by atoms with Crippen LogP contribution in [0.5, 0.6) is 0 Å². The van der Waals surface area contributed by atoms with Crippen LogP contribution in [0.25, 0.3) is 0 Å². The summed E-state index contributed by atoms with van der Waals surface area (Å²) in [6.45, 7) is 1.99. The Balaban J connectivity index is 1.28. The van der Waals surface area contributed by atoms with Crippen LogP contribution in [0.3, 0.4) is 0 Å². The second kappa shape index (κ2) is 7.09. The lowest BCUT2D eigenvalue weighted by Gasteiger charge is -2.34. The van der Waals surface area contributed by atoms with E-state index >= 15 is 0 Å². The highest BCUT2D eigenvalue weighted by Crippen LogP contribution is 2.49. The van der Waals surface area contributed by atoms with Crippen molar-refractivity contribution >= 4 is 23.2 Å². The number of nitrogens with zero attached hydrogens (tertiary/aromatic N) is 1. The average molecular weight is 355 g/mol. The summed E-state index contributed by atoms with van der Waals surface area (Å²) >= 11 is 6.26. The van der Waals surface area contributed by atoms with Crippen molar-refractivity contribution in [2.45, 2.75) is 31.2 Å². The van der Waals surface area contributed by atoms with Crippen LogP contribution >= 0.6 is 11.6 Å². The predicted molar refractivity (Wildman–Crippen MR) is 102 cm³/mol. The summed E-state index contributed by atoms with van der Waals surface area (Å²) in [5.41, 5.74) is 2.39. The Morgan fingerprint density at radius 3 is 2.40 bits per heavy atom. The predicted octanol–water partition coefficient (Wildman–Crippen LogP) is 4.23. The third-order valence-corrected chi connectivity index (χ3v) is 5.74. The van der Waals surface area contributed by atoms with Crippen molar-refractivity contribution in [3.63, 3.8) is 0 Å². The molecule has 1 aliphatic heterocycles. The zero-order valence-corrected chi connectivity index (χ0v) is 15.0. The van der Waals surface area contributed by atoms with Gasteiger partial charge in [-0.25, -0.2) is 0 Å². The molecule has 2 aromatic rings. The van der Waals surface area contributed by atoms with Crippen LogP contribution in [0.2, 0.25) is 5.02 Å². The molecule has 1 aliphatic carbocycles. The van der Waals surface area contributed by atoms with Gasteiger partial charge in [-0.2, -0.15) is 0 Å². The van der Waals surface area contributed by atoms with E-state index in [0.29, 0.717) is 6.04 Å². The summed E-state index contributed by atoms with van der Waals surface area (Å²) in [4.78, 5) is 14.9. The van der Waals surface area contributed by atoms with Gasteiger partial charge in [0.05, 0.1) is 0 Å². The maximum Gasteiger partial charge on any atom is 0.223 e. The quantitative estimate of drug-likeness (QED) is 0.891. The molecule has 1 N–H and O–H groups in total. The van der Waals surface area contributed by atoms with Gasteiger partial charge in [0.15, 0.2) is 0 Å². The van der Waals surface area contributed by atoms with Crippen molar-refractivity contribution < 1.29 is 4.79 Å². The van der Waals surface area contributed by atoms with Gasteiger partial charge in [0, 0.05) is 35.8 Å². The maximum absolute atomic E-state index is 12.6. The van der Waals surface area contributed by atoms with E-state index in [4.69, 9.17) is 11.6 Å². The van der Waals surface area contributed by atoms with E-state index in [9.17, 15) is 4.79 Å². The van der Waals surface area contributed by atoms with E-state index in [1.165, 1.54) is 5.69 Å². The average Bonchev–Trinajstić information content (AvgIpc) is 3.44. The zero-order valence-electron chi connectivity index (χ0n) is 14.2. The molecule has 2 aliphatic rings. The normalized spacial score (nSPS) is 23.3. The minimum atomic E-state index is 0.0899. The second-order valence-electron chi connectivity index (χ2n) is 7.08. The van der Waals surface area contributed by atoms with E-state index in [1.807, 2.05) is 30.3 Å². The van der Waals surface area contributed by atoms with Gasteiger partial charge in [0.25, 0.3) is 0 Å². The fourth-order valence-corrected chi connectivity index (χ4v) is 4.11. The van der Waals surface area contributed by atoms with Crippen molar-refractivity contribution in [2.24, 2.45) is 5.92 Å². The van der Waals surface area contributed by atoms with Crippen molar-refractivity contribution in [1.82, 2.24) is 5.32 Å². The van der Waals surface area contributed by atoms with Gasteiger partial charge in [0.2, 0.25) is 5.91 Å². The second-order valence-corrected chi connectivity index (χ2v) is 7.48. The molecule has 0 aromatic heterocycles. The van der Waals surface area contributed by atoms with Crippen LogP contribution in [-0.2, 0) is 4.79 Å². The Labute approximate surface area is 154 Å². The van der Waals surface area contributed by atoms with Gasteiger partial charge in [0.1, 0.15) is 0 Å². The first-order chi connectivity index (χ1) is 12.2. The van der Waals surface area contributed by atoms with E-state index in [-0.39, 0.29) is 17.7 Å². The van der Waals surface area contributed by atoms with Crippen molar-refractivity contribution in [3.05, 3.63) is 65.2 Å². The van der Waals surface area contributed by atoms with E-state index < -0.39 is 0 Å². The monoisotopic (exact) mass is 354 g/mol. The highest BCUT2D eigenvalue weighted by Gasteiger charge is 2.45. The number of rotatable bonds is 4. The molecule has 25 heavy (non-hydrogen) atoms. The highest BCUT2D eigenvalue weighted by atomic mass is 35.5. The van der Waals surface area contributed by atoms with Gasteiger partial charge in [-0.05, 0) is 48.9 Å². The first-order valence-electron chi connectivity index (χ1n) is 9.07. The van der Waals surface area contributed by atoms with Gasteiger partial charge >= 0.3 is 0 Å². The number of carbonyl (C=O) groups is 1. The molecule has 2 atom stereocenters. The molecular formula is C21H23ClN2O. The summed E-state index contributed by atoms with van der Waals surface area (Å²) in [7, 11) is 0. The molecule has 3 nitrogen and oxygen atoms in total. The Kier molecular flexibility index (Phi) is 4.67. The number of anilines is 1. The molecule has 4 heteroatoms. The molecule has 2 aromatic carbocycles. The van der Waals surface area contributed by atoms with Gasteiger partial charge in [-0.3, -0.25) is 4.79 Å². The molecule has 1 saturated heterocycles. The number of carbonyl (C=O) groups excluding carboxylic acids is 1. The van der Waals surface area contributed by atoms with Crippen LogP contribution in [0.4, 0.5) is 5.69 Å². The van der Waals surface area contributed by atoms with Crippen LogP contribution in [0.1, 0.15) is 30.7 Å². The zero-order chi connectivity index (χ0) is 17.2. The SMILES string of the molecule is O=C(NC1CCN(c2ccccc2)CC1)C1CC1c1ccccc1Cl. The first kappa shape index (κ1) is 16.5. The number of nitrogens with one attached hydrogen (secondary N) is 1. The number of para-hydroxylation sites is 1. The molecule has 2 fully saturated rings. The molecule has 4 rings (SSSR count). The molecule has 0 radical (unpaired) electrons. The Hall–Kier alpha value is -2.00. The van der Waals surface area contributed by atoms with Crippen LogP contribution in [0, 0.1) is 5.92 Å². The summed E-state index contributed by atoms with van der Waals surface area (Å²) in [6.07, 6.45) is 2.92. The summed E-state index contributed by atoms with van der Waals surface area (Å²) in [5, 5.41) is 4.04. The van der Waals surface area contributed by atoms with Crippen molar-refractivity contribution in [2.75, 3.05) is 18.0 Å². The largest absolute Gasteiger partial charge is 0.371 e. The van der Waals surface area contributed by atoms with Crippen LogP contribution < -0.4 is 10.2 Å². The van der Waals surface area contributed by atoms with Crippen LogP contribution in [0.15, 0.2) is 54.6 Å². The van der Waals surface area contributed by atoms with Gasteiger partial charge in [-0.15, -0.1) is 0 Å². The number of amides is 1. The lowest BCUT2D eigenvalue weighted by Crippen LogP contribution is -2.45. The molecular weight excluding hydrogens is 332 g/mol. The number of hydrogen-bond acceptors (Lipinski definition) is 2. The Morgan fingerprint density at radius 1 is 1.00 bits per heavy atom.